The molecule has 1 aliphatic heterocycles. The van der Waals surface area contributed by atoms with Crippen LogP contribution in [0.3, 0.4) is 0 Å². The molecule has 0 unspecified atom stereocenters. The fourth-order valence-corrected chi connectivity index (χ4v) is 3.25. The summed E-state index contributed by atoms with van der Waals surface area (Å²) in [7, 11) is 2.00. The van der Waals surface area contributed by atoms with Gasteiger partial charge < -0.3 is 19.2 Å². The lowest BCUT2D eigenvalue weighted by Gasteiger charge is -2.34. The summed E-state index contributed by atoms with van der Waals surface area (Å²) >= 11 is 0. The average Bonchev–Trinajstić information content (AvgIpc) is 3.35. The summed E-state index contributed by atoms with van der Waals surface area (Å²) in [6.07, 6.45) is 5.41. The van der Waals surface area contributed by atoms with Crippen LogP contribution in [-0.2, 0) is 13.6 Å². The Bertz CT molecular complexity index is 895. The highest BCUT2D eigenvalue weighted by Gasteiger charge is 2.22. The van der Waals surface area contributed by atoms with Crippen molar-refractivity contribution in [3.05, 3.63) is 60.9 Å². The van der Waals surface area contributed by atoms with Crippen LogP contribution < -0.4 is 5.32 Å². The van der Waals surface area contributed by atoms with Gasteiger partial charge in [0.2, 0.25) is 0 Å². The third-order valence-corrected chi connectivity index (χ3v) is 4.87. The molecule has 0 bridgehead atoms. The minimum Gasteiger partial charge on any atom is -0.464 e. The summed E-state index contributed by atoms with van der Waals surface area (Å²) in [4.78, 5) is 21.1. The number of hydrogen-bond acceptors (Lipinski definition) is 4. The number of carbonyl (C=O) groups is 1. The summed E-state index contributed by atoms with van der Waals surface area (Å²) in [5.74, 6) is 1.83. The van der Waals surface area contributed by atoms with E-state index in [1.54, 1.807) is 6.26 Å². The number of carbonyl (C=O) groups excluding carboxylic acids is 1. The number of nitrogens with one attached hydrogen (secondary N) is 1. The molecule has 0 radical (unpaired) electrons. The van der Waals surface area contributed by atoms with Gasteiger partial charge in [-0.05, 0) is 24.3 Å². The van der Waals surface area contributed by atoms with Crippen molar-refractivity contribution in [2.45, 2.75) is 6.54 Å². The highest BCUT2D eigenvalue weighted by molar-refractivity contribution is 5.90. The lowest BCUT2D eigenvalue weighted by molar-refractivity contribution is 0.140. The molecule has 1 saturated heterocycles. The number of piperazine rings is 1. The molecule has 0 atom stereocenters. The maximum absolute atomic E-state index is 12.6. The van der Waals surface area contributed by atoms with E-state index in [2.05, 4.69) is 15.2 Å². The molecule has 7 nitrogen and oxygen atoms in total. The first-order valence-corrected chi connectivity index (χ1v) is 9.07. The monoisotopic (exact) mass is 365 g/mol. The Morgan fingerprint density at radius 1 is 1.19 bits per heavy atom. The molecule has 27 heavy (non-hydrogen) atoms. The van der Waals surface area contributed by atoms with Crippen LogP contribution >= 0.6 is 0 Å². The number of furan rings is 1. The van der Waals surface area contributed by atoms with Gasteiger partial charge in [-0.2, -0.15) is 0 Å². The first-order chi connectivity index (χ1) is 13.2. The highest BCUT2D eigenvalue weighted by atomic mass is 16.3. The second-order valence-corrected chi connectivity index (χ2v) is 6.71. The van der Waals surface area contributed by atoms with Gasteiger partial charge in [0.1, 0.15) is 11.6 Å². The van der Waals surface area contributed by atoms with Crippen LogP contribution in [0.1, 0.15) is 5.82 Å². The molecule has 0 aliphatic carbocycles. The molecule has 1 aliphatic rings. The molecule has 1 aromatic carbocycles. The van der Waals surface area contributed by atoms with Crippen molar-refractivity contribution in [1.82, 2.24) is 19.4 Å². The second-order valence-electron chi connectivity index (χ2n) is 6.71. The molecule has 3 aromatic rings. The molecule has 140 valence electrons. The topological polar surface area (TPSA) is 66.5 Å². The summed E-state index contributed by atoms with van der Waals surface area (Å²) < 4.78 is 7.46. The van der Waals surface area contributed by atoms with E-state index in [1.807, 2.05) is 65.3 Å². The van der Waals surface area contributed by atoms with Crippen molar-refractivity contribution >= 4 is 11.7 Å². The molecule has 4 rings (SSSR count). The zero-order valence-electron chi connectivity index (χ0n) is 15.3. The second kappa shape index (κ2) is 7.67. The maximum atomic E-state index is 12.6. The number of amides is 2. The number of rotatable bonds is 4. The highest BCUT2D eigenvalue weighted by Crippen LogP contribution is 2.23. The van der Waals surface area contributed by atoms with Crippen LogP contribution in [0.5, 0.6) is 0 Å². The van der Waals surface area contributed by atoms with Gasteiger partial charge in [-0.25, -0.2) is 9.78 Å². The third-order valence-electron chi connectivity index (χ3n) is 4.87. The Balaban J connectivity index is 1.32. The van der Waals surface area contributed by atoms with Crippen molar-refractivity contribution in [1.29, 1.82) is 0 Å². The number of hydrogen-bond donors (Lipinski definition) is 1. The van der Waals surface area contributed by atoms with Gasteiger partial charge in [0, 0.05) is 56.9 Å². The Morgan fingerprint density at radius 2 is 2.04 bits per heavy atom. The largest absolute Gasteiger partial charge is 0.464 e. The average molecular weight is 365 g/mol. The summed E-state index contributed by atoms with van der Waals surface area (Å²) in [6, 6.07) is 11.4. The molecule has 0 spiro atoms. The number of anilines is 1. The quantitative estimate of drug-likeness (QED) is 0.772. The van der Waals surface area contributed by atoms with E-state index in [4.69, 9.17) is 4.42 Å². The Hall–Kier alpha value is -3.06. The predicted octanol–water partition coefficient (Wildman–Crippen LogP) is 3.03. The fraction of sp³-hybridized carbons (Fsp3) is 0.300. The lowest BCUT2D eigenvalue weighted by Crippen LogP contribution is -2.49. The van der Waals surface area contributed by atoms with E-state index in [-0.39, 0.29) is 6.03 Å². The van der Waals surface area contributed by atoms with Crippen LogP contribution in [0.4, 0.5) is 10.5 Å². The fourth-order valence-electron chi connectivity index (χ4n) is 3.25. The van der Waals surface area contributed by atoms with E-state index in [9.17, 15) is 4.79 Å². The van der Waals surface area contributed by atoms with Gasteiger partial charge >= 0.3 is 6.03 Å². The van der Waals surface area contributed by atoms with Crippen molar-refractivity contribution in [2.75, 3.05) is 31.5 Å². The van der Waals surface area contributed by atoms with Crippen molar-refractivity contribution < 1.29 is 9.21 Å². The minimum absolute atomic E-state index is 0.0664. The molecule has 2 amide bonds. The van der Waals surface area contributed by atoms with Crippen LogP contribution in [0.2, 0.25) is 0 Å². The van der Waals surface area contributed by atoms with Crippen molar-refractivity contribution in [3.63, 3.8) is 0 Å². The molecule has 2 aromatic heterocycles. The van der Waals surface area contributed by atoms with Crippen molar-refractivity contribution in [3.8, 4) is 11.3 Å². The van der Waals surface area contributed by atoms with E-state index in [1.165, 1.54) is 0 Å². The van der Waals surface area contributed by atoms with Gasteiger partial charge in [0.05, 0.1) is 12.8 Å². The predicted molar refractivity (Wildman–Crippen MR) is 103 cm³/mol. The Morgan fingerprint density at radius 3 is 2.74 bits per heavy atom. The number of urea groups is 1. The normalized spacial score (nSPS) is 15.1. The van der Waals surface area contributed by atoms with Crippen LogP contribution in [0, 0.1) is 0 Å². The Labute approximate surface area is 158 Å². The van der Waals surface area contributed by atoms with E-state index in [0.717, 1.165) is 42.5 Å². The summed E-state index contributed by atoms with van der Waals surface area (Å²) in [5.41, 5.74) is 1.71. The van der Waals surface area contributed by atoms with E-state index < -0.39 is 0 Å². The summed E-state index contributed by atoms with van der Waals surface area (Å²) in [5, 5.41) is 2.99. The van der Waals surface area contributed by atoms with Gasteiger partial charge in [-0.15, -0.1) is 0 Å². The summed E-state index contributed by atoms with van der Waals surface area (Å²) in [6.45, 7) is 3.89. The smallest absolute Gasteiger partial charge is 0.321 e. The van der Waals surface area contributed by atoms with E-state index >= 15 is 0 Å². The first kappa shape index (κ1) is 17.4. The first-order valence-electron chi connectivity index (χ1n) is 9.07. The molecule has 7 heteroatoms. The Kier molecular flexibility index (Phi) is 4.93. The third kappa shape index (κ3) is 4.03. The number of imidazole rings is 1. The maximum Gasteiger partial charge on any atom is 0.321 e. The van der Waals surface area contributed by atoms with Gasteiger partial charge in [-0.1, -0.05) is 12.1 Å². The molecule has 1 N–H and O–H groups in total. The van der Waals surface area contributed by atoms with Crippen LogP contribution in [0.15, 0.2) is 59.5 Å². The molecule has 1 fully saturated rings. The number of aromatic nitrogens is 2. The van der Waals surface area contributed by atoms with E-state index in [0.29, 0.717) is 13.1 Å². The zero-order valence-corrected chi connectivity index (χ0v) is 15.3. The molecular formula is C20H23N5O2. The molecule has 3 heterocycles. The van der Waals surface area contributed by atoms with Crippen molar-refractivity contribution in [2.24, 2.45) is 7.05 Å². The number of benzene rings is 1. The zero-order chi connectivity index (χ0) is 18.6. The van der Waals surface area contributed by atoms with Gasteiger partial charge in [0.25, 0.3) is 0 Å². The number of nitrogens with zero attached hydrogens (tertiary/aromatic N) is 4. The standard InChI is InChI=1S/C20H23N5O2/c1-23-8-7-21-19(23)15-24-9-11-25(12-10-24)20(26)22-17-5-2-4-16(14-17)18-6-3-13-27-18/h2-8,13-14H,9-12,15H2,1H3,(H,22,26). The molecular weight excluding hydrogens is 342 g/mol. The van der Waals surface area contributed by atoms with Crippen LogP contribution in [0.25, 0.3) is 11.3 Å². The lowest BCUT2D eigenvalue weighted by atomic mass is 10.1. The van der Waals surface area contributed by atoms with Gasteiger partial charge in [-0.3, -0.25) is 4.90 Å². The SMILES string of the molecule is Cn1ccnc1CN1CCN(C(=O)Nc2cccc(-c3ccco3)c2)CC1. The number of aryl methyl sites for hydroxylation is 1. The molecule has 0 saturated carbocycles. The van der Waals surface area contributed by atoms with Crippen LogP contribution in [-0.4, -0.2) is 51.6 Å². The van der Waals surface area contributed by atoms with Gasteiger partial charge in [0.15, 0.2) is 0 Å². The minimum atomic E-state index is -0.0664.